The number of halogens is 2. The molecule has 82 valence electrons. The maximum atomic E-state index is 13.2. The van der Waals surface area contributed by atoms with E-state index in [1.807, 2.05) is 0 Å². The van der Waals surface area contributed by atoms with Gasteiger partial charge in [0.05, 0.1) is 17.4 Å². The number of pyridine rings is 1. The lowest BCUT2D eigenvalue weighted by Crippen LogP contribution is -1.99. The van der Waals surface area contributed by atoms with Crippen molar-refractivity contribution in [2.45, 2.75) is 0 Å². The highest BCUT2D eigenvalue weighted by atomic mass is 35.5. The predicted molar refractivity (Wildman–Crippen MR) is 55.7 cm³/mol. The second-order valence-electron chi connectivity index (χ2n) is 2.82. The molecule has 7 heteroatoms. The van der Waals surface area contributed by atoms with Crippen LogP contribution >= 0.6 is 11.6 Å². The molecule has 0 radical (unpaired) electrons. The molecule has 2 rings (SSSR count). The number of aromatic nitrogens is 3. The summed E-state index contributed by atoms with van der Waals surface area (Å²) in [6.45, 7) is 0. The van der Waals surface area contributed by atoms with E-state index in [4.69, 9.17) is 22.1 Å². The van der Waals surface area contributed by atoms with Gasteiger partial charge in [0.1, 0.15) is 5.75 Å². The molecule has 0 aliphatic rings. The highest BCUT2D eigenvalue weighted by Gasteiger charge is 2.08. The third-order valence-electron chi connectivity index (χ3n) is 1.62. The van der Waals surface area contributed by atoms with E-state index in [0.717, 1.165) is 6.20 Å². The molecule has 0 aliphatic heterocycles. The normalized spacial score (nSPS) is 10.1. The van der Waals surface area contributed by atoms with Gasteiger partial charge in [0.25, 0.3) is 5.88 Å². The van der Waals surface area contributed by atoms with Crippen LogP contribution in [0.3, 0.4) is 0 Å². The average molecular weight is 241 g/mol. The van der Waals surface area contributed by atoms with Crippen molar-refractivity contribution >= 4 is 17.5 Å². The topological polar surface area (TPSA) is 73.9 Å². The molecule has 0 aliphatic carbocycles. The summed E-state index contributed by atoms with van der Waals surface area (Å²) in [6.07, 6.45) is 3.73. The number of hydrogen-bond acceptors (Lipinski definition) is 5. The third kappa shape index (κ3) is 2.34. The van der Waals surface area contributed by atoms with E-state index in [9.17, 15) is 4.39 Å². The largest absolute Gasteiger partial charge is 0.435 e. The van der Waals surface area contributed by atoms with Gasteiger partial charge in [0, 0.05) is 12.3 Å². The number of rotatable bonds is 2. The molecular formula is C9H6ClFN4O. The van der Waals surface area contributed by atoms with Gasteiger partial charge in [0.15, 0.2) is 0 Å². The third-order valence-corrected chi connectivity index (χ3v) is 1.83. The molecule has 16 heavy (non-hydrogen) atoms. The van der Waals surface area contributed by atoms with Gasteiger partial charge in [-0.25, -0.2) is 4.98 Å². The zero-order chi connectivity index (χ0) is 11.5. The minimum absolute atomic E-state index is 0.0774. The van der Waals surface area contributed by atoms with Crippen LogP contribution in [0.2, 0.25) is 5.02 Å². The average Bonchev–Trinajstić information content (AvgIpc) is 2.24. The Kier molecular flexibility index (Phi) is 2.82. The smallest absolute Gasteiger partial charge is 0.260 e. The van der Waals surface area contributed by atoms with Crippen LogP contribution in [0.1, 0.15) is 0 Å². The summed E-state index contributed by atoms with van der Waals surface area (Å²) in [4.78, 5) is 10.8. The Morgan fingerprint density at radius 3 is 2.88 bits per heavy atom. The zero-order valence-electron chi connectivity index (χ0n) is 7.89. The summed E-state index contributed by atoms with van der Waals surface area (Å²) >= 11 is 5.69. The Bertz CT molecular complexity index is 523. The number of hydrogen-bond donors (Lipinski definition) is 1. The van der Waals surface area contributed by atoms with E-state index in [1.165, 1.54) is 18.5 Å². The van der Waals surface area contributed by atoms with Crippen LogP contribution < -0.4 is 10.5 Å². The van der Waals surface area contributed by atoms with Crippen LogP contribution in [-0.2, 0) is 0 Å². The Morgan fingerprint density at radius 2 is 2.12 bits per heavy atom. The summed E-state index contributed by atoms with van der Waals surface area (Å²) in [5.41, 5.74) is 5.30. The molecular weight excluding hydrogens is 235 g/mol. The summed E-state index contributed by atoms with van der Waals surface area (Å²) < 4.78 is 18.3. The van der Waals surface area contributed by atoms with Crippen molar-refractivity contribution in [3.05, 3.63) is 35.5 Å². The van der Waals surface area contributed by atoms with Crippen molar-refractivity contribution in [1.29, 1.82) is 0 Å². The lowest BCUT2D eigenvalue weighted by atomic mass is 10.4. The molecule has 0 aromatic carbocycles. The van der Waals surface area contributed by atoms with Gasteiger partial charge in [0.2, 0.25) is 11.8 Å². The van der Waals surface area contributed by atoms with Gasteiger partial charge in [-0.05, 0) is 0 Å². The SMILES string of the molecule is Nc1ncc(F)c(Oc2cncc(Cl)c2)n1. The molecule has 2 N–H and O–H groups in total. The van der Waals surface area contributed by atoms with E-state index >= 15 is 0 Å². The molecule has 0 amide bonds. The molecule has 2 heterocycles. The van der Waals surface area contributed by atoms with Crippen molar-refractivity contribution in [2.24, 2.45) is 0 Å². The van der Waals surface area contributed by atoms with Crippen LogP contribution in [-0.4, -0.2) is 15.0 Å². The molecule has 0 fully saturated rings. The van der Waals surface area contributed by atoms with Crippen LogP contribution in [0.4, 0.5) is 10.3 Å². The lowest BCUT2D eigenvalue weighted by molar-refractivity contribution is 0.419. The van der Waals surface area contributed by atoms with E-state index in [0.29, 0.717) is 5.02 Å². The fraction of sp³-hybridized carbons (Fsp3) is 0. The Balaban J connectivity index is 2.30. The minimum atomic E-state index is -0.714. The Labute approximate surface area is 95.1 Å². The van der Waals surface area contributed by atoms with Crippen molar-refractivity contribution in [3.8, 4) is 11.6 Å². The monoisotopic (exact) mass is 240 g/mol. The number of nitrogens with zero attached hydrogens (tertiary/aromatic N) is 3. The number of anilines is 1. The van der Waals surface area contributed by atoms with E-state index in [-0.39, 0.29) is 17.6 Å². The van der Waals surface area contributed by atoms with Crippen molar-refractivity contribution < 1.29 is 9.13 Å². The maximum Gasteiger partial charge on any atom is 0.260 e. The van der Waals surface area contributed by atoms with Crippen LogP contribution in [0.25, 0.3) is 0 Å². The minimum Gasteiger partial charge on any atom is -0.435 e. The van der Waals surface area contributed by atoms with Crippen LogP contribution in [0.5, 0.6) is 11.6 Å². The molecule has 0 unspecified atom stereocenters. The standard InChI is InChI=1S/C9H6ClFN4O/c10-5-1-6(3-13-2-5)16-8-7(11)4-14-9(12)15-8/h1-4H,(H2,12,14,15). The van der Waals surface area contributed by atoms with E-state index in [2.05, 4.69) is 15.0 Å². The summed E-state index contributed by atoms with van der Waals surface area (Å²) in [7, 11) is 0. The zero-order valence-corrected chi connectivity index (χ0v) is 8.65. The van der Waals surface area contributed by atoms with Gasteiger partial charge in [-0.1, -0.05) is 11.6 Å². The lowest BCUT2D eigenvalue weighted by Gasteiger charge is -2.05. The highest BCUT2D eigenvalue weighted by molar-refractivity contribution is 6.30. The summed E-state index contributed by atoms with van der Waals surface area (Å²) in [5, 5.41) is 0.375. The van der Waals surface area contributed by atoms with Gasteiger partial charge < -0.3 is 10.5 Å². The molecule has 2 aromatic heterocycles. The molecule has 0 saturated carbocycles. The molecule has 0 atom stereocenters. The number of nitrogen functional groups attached to an aromatic ring is 1. The van der Waals surface area contributed by atoms with Crippen molar-refractivity contribution in [1.82, 2.24) is 15.0 Å². The first-order valence-corrected chi connectivity index (χ1v) is 4.59. The molecule has 0 spiro atoms. The first-order chi connectivity index (χ1) is 7.65. The van der Waals surface area contributed by atoms with Crippen LogP contribution in [0, 0.1) is 5.82 Å². The fourth-order valence-corrected chi connectivity index (χ4v) is 1.16. The van der Waals surface area contributed by atoms with Crippen molar-refractivity contribution in [2.75, 3.05) is 5.73 Å². The van der Waals surface area contributed by atoms with Crippen molar-refractivity contribution in [3.63, 3.8) is 0 Å². The first-order valence-electron chi connectivity index (χ1n) is 4.21. The molecule has 0 bridgehead atoms. The van der Waals surface area contributed by atoms with Gasteiger partial charge in [-0.2, -0.15) is 9.37 Å². The van der Waals surface area contributed by atoms with Gasteiger partial charge in [-0.3, -0.25) is 4.98 Å². The van der Waals surface area contributed by atoms with Gasteiger partial charge in [-0.15, -0.1) is 0 Å². The Morgan fingerprint density at radius 1 is 1.31 bits per heavy atom. The number of nitrogens with two attached hydrogens (primary N) is 1. The van der Waals surface area contributed by atoms with Crippen LogP contribution in [0.15, 0.2) is 24.7 Å². The van der Waals surface area contributed by atoms with Gasteiger partial charge >= 0.3 is 0 Å². The molecule has 0 saturated heterocycles. The fourth-order valence-electron chi connectivity index (χ4n) is 0.996. The second kappa shape index (κ2) is 4.28. The van der Waals surface area contributed by atoms with E-state index < -0.39 is 5.82 Å². The molecule has 5 nitrogen and oxygen atoms in total. The number of ether oxygens (including phenoxy) is 1. The summed E-state index contributed by atoms with van der Waals surface area (Å²) in [5.74, 6) is -0.790. The first kappa shape index (κ1) is 10.6. The maximum absolute atomic E-state index is 13.2. The van der Waals surface area contributed by atoms with E-state index in [1.54, 1.807) is 0 Å². The predicted octanol–water partition coefficient (Wildman–Crippen LogP) is 2.04. The quantitative estimate of drug-likeness (QED) is 0.870. The molecule has 2 aromatic rings. The Hall–Kier alpha value is -1.95. The summed E-state index contributed by atoms with van der Waals surface area (Å²) in [6, 6.07) is 1.48. The highest BCUT2D eigenvalue weighted by Crippen LogP contribution is 2.23. The second-order valence-corrected chi connectivity index (χ2v) is 3.26.